The summed E-state index contributed by atoms with van der Waals surface area (Å²) in [5, 5.41) is 4.04. The van der Waals surface area contributed by atoms with Crippen LogP contribution < -0.4 is 11.1 Å². The number of ketones is 1. The number of nitrogens with two attached hydrogens (primary N) is 1. The summed E-state index contributed by atoms with van der Waals surface area (Å²) < 4.78 is 0. The average Bonchev–Trinajstić information content (AvgIpc) is 2.41. The maximum Gasteiger partial charge on any atom is 0.161 e. The summed E-state index contributed by atoms with van der Waals surface area (Å²) in [6, 6.07) is 13.2. The van der Waals surface area contributed by atoms with Crippen molar-refractivity contribution < 1.29 is 4.79 Å². The van der Waals surface area contributed by atoms with Crippen molar-refractivity contribution in [2.45, 2.75) is 13.3 Å². The topological polar surface area (TPSA) is 55.1 Å². The zero-order chi connectivity index (χ0) is 14.5. The van der Waals surface area contributed by atoms with Gasteiger partial charge in [-0.2, -0.15) is 0 Å². The van der Waals surface area contributed by atoms with Gasteiger partial charge in [0, 0.05) is 28.5 Å². The number of anilines is 2. The summed E-state index contributed by atoms with van der Waals surface area (Å²) in [6.07, 6.45) is 0.894. The number of nitrogen functional groups attached to an aromatic ring is 1. The Morgan fingerprint density at radius 2 is 1.90 bits per heavy atom. The van der Waals surface area contributed by atoms with E-state index in [0.29, 0.717) is 11.3 Å². The Morgan fingerprint density at radius 3 is 2.50 bits per heavy atom. The minimum atomic E-state index is -0.0183. The van der Waals surface area contributed by atoms with Crippen LogP contribution in [0.4, 0.5) is 11.4 Å². The van der Waals surface area contributed by atoms with E-state index in [2.05, 4.69) is 5.32 Å². The quantitative estimate of drug-likeness (QED) is 0.650. The summed E-state index contributed by atoms with van der Waals surface area (Å²) >= 11 is 5.84. The standard InChI is InChI=1S/C16H17ClN2O/c1-11(20)15-7-6-14(10-16(15)18)19-9-8-12-2-4-13(17)5-3-12/h2-7,10,19H,8-9,18H2,1H3. The number of hydrogen-bond acceptors (Lipinski definition) is 3. The molecule has 0 fully saturated rings. The number of hydrogen-bond donors (Lipinski definition) is 2. The number of nitrogens with one attached hydrogen (secondary N) is 1. The second kappa shape index (κ2) is 6.44. The lowest BCUT2D eigenvalue weighted by Crippen LogP contribution is -2.06. The van der Waals surface area contributed by atoms with Gasteiger partial charge in [0.25, 0.3) is 0 Å². The van der Waals surface area contributed by atoms with E-state index < -0.39 is 0 Å². The third-order valence-corrected chi connectivity index (χ3v) is 3.34. The lowest BCUT2D eigenvalue weighted by atomic mass is 10.1. The van der Waals surface area contributed by atoms with Crippen molar-refractivity contribution in [1.29, 1.82) is 0 Å². The van der Waals surface area contributed by atoms with Crippen LogP contribution in [0.2, 0.25) is 5.02 Å². The van der Waals surface area contributed by atoms with Crippen LogP contribution in [0.1, 0.15) is 22.8 Å². The second-order valence-corrected chi connectivity index (χ2v) is 5.10. The van der Waals surface area contributed by atoms with Crippen molar-refractivity contribution in [3.8, 4) is 0 Å². The van der Waals surface area contributed by atoms with Crippen molar-refractivity contribution in [3.63, 3.8) is 0 Å². The van der Waals surface area contributed by atoms with E-state index in [0.717, 1.165) is 23.7 Å². The fourth-order valence-electron chi connectivity index (χ4n) is 2.00. The van der Waals surface area contributed by atoms with Crippen LogP contribution in [0.15, 0.2) is 42.5 Å². The van der Waals surface area contributed by atoms with Gasteiger partial charge in [-0.3, -0.25) is 4.79 Å². The Labute approximate surface area is 123 Å². The van der Waals surface area contributed by atoms with Crippen molar-refractivity contribution in [1.82, 2.24) is 0 Å². The van der Waals surface area contributed by atoms with Gasteiger partial charge >= 0.3 is 0 Å². The fourth-order valence-corrected chi connectivity index (χ4v) is 2.12. The Bertz CT molecular complexity index is 608. The van der Waals surface area contributed by atoms with E-state index in [1.165, 1.54) is 12.5 Å². The normalized spacial score (nSPS) is 10.3. The molecule has 0 aliphatic carbocycles. The molecule has 0 radical (unpaired) electrons. The van der Waals surface area contributed by atoms with Crippen LogP contribution in [-0.4, -0.2) is 12.3 Å². The fraction of sp³-hybridized carbons (Fsp3) is 0.188. The highest BCUT2D eigenvalue weighted by Gasteiger charge is 2.04. The average molecular weight is 289 g/mol. The monoisotopic (exact) mass is 288 g/mol. The van der Waals surface area contributed by atoms with Gasteiger partial charge in [-0.1, -0.05) is 23.7 Å². The molecule has 2 rings (SSSR count). The maximum absolute atomic E-state index is 11.3. The summed E-state index contributed by atoms with van der Waals surface area (Å²) in [5.74, 6) is -0.0183. The molecule has 104 valence electrons. The summed E-state index contributed by atoms with van der Waals surface area (Å²) in [4.78, 5) is 11.3. The predicted molar refractivity (Wildman–Crippen MR) is 84.5 cm³/mol. The molecular formula is C16H17ClN2O. The predicted octanol–water partition coefficient (Wildman–Crippen LogP) is 3.78. The van der Waals surface area contributed by atoms with E-state index >= 15 is 0 Å². The van der Waals surface area contributed by atoms with Crippen molar-refractivity contribution in [3.05, 3.63) is 58.6 Å². The Balaban J connectivity index is 1.92. The molecule has 0 bridgehead atoms. The molecule has 0 unspecified atom stereocenters. The zero-order valence-corrected chi connectivity index (χ0v) is 12.1. The van der Waals surface area contributed by atoms with Crippen molar-refractivity contribution in [2.24, 2.45) is 0 Å². The maximum atomic E-state index is 11.3. The van der Waals surface area contributed by atoms with Gasteiger partial charge in [-0.05, 0) is 49.2 Å². The van der Waals surface area contributed by atoms with E-state index in [4.69, 9.17) is 17.3 Å². The zero-order valence-electron chi connectivity index (χ0n) is 11.3. The van der Waals surface area contributed by atoms with Gasteiger partial charge in [0.05, 0.1) is 0 Å². The molecule has 3 N–H and O–H groups in total. The van der Waals surface area contributed by atoms with Gasteiger partial charge in [0.15, 0.2) is 5.78 Å². The molecule has 0 saturated carbocycles. The van der Waals surface area contributed by atoms with Gasteiger partial charge in [0.1, 0.15) is 0 Å². The van der Waals surface area contributed by atoms with Crippen LogP contribution in [0.5, 0.6) is 0 Å². The number of carbonyl (C=O) groups is 1. The first-order valence-electron chi connectivity index (χ1n) is 6.45. The van der Waals surface area contributed by atoms with Gasteiger partial charge in [0.2, 0.25) is 0 Å². The molecule has 4 heteroatoms. The van der Waals surface area contributed by atoms with Crippen LogP contribution in [0, 0.1) is 0 Å². The molecule has 0 spiro atoms. The highest BCUT2D eigenvalue weighted by molar-refractivity contribution is 6.30. The minimum absolute atomic E-state index is 0.0183. The highest BCUT2D eigenvalue weighted by Crippen LogP contribution is 2.18. The third-order valence-electron chi connectivity index (χ3n) is 3.09. The first-order chi connectivity index (χ1) is 9.56. The van der Waals surface area contributed by atoms with Crippen LogP contribution in [-0.2, 0) is 6.42 Å². The van der Waals surface area contributed by atoms with Crippen LogP contribution in [0.3, 0.4) is 0 Å². The van der Waals surface area contributed by atoms with Gasteiger partial charge < -0.3 is 11.1 Å². The minimum Gasteiger partial charge on any atom is -0.398 e. The van der Waals surface area contributed by atoms with Crippen molar-refractivity contribution in [2.75, 3.05) is 17.6 Å². The smallest absolute Gasteiger partial charge is 0.161 e. The Kier molecular flexibility index (Phi) is 4.64. The number of benzene rings is 2. The molecule has 2 aromatic carbocycles. The first kappa shape index (κ1) is 14.4. The molecule has 0 saturated heterocycles. The lowest BCUT2D eigenvalue weighted by molar-refractivity contribution is 0.101. The lowest BCUT2D eigenvalue weighted by Gasteiger charge is -2.09. The second-order valence-electron chi connectivity index (χ2n) is 4.66. The number of Topliss-reactive ketones (excluding diaryl/α,β-unsaturated/α-hetero) is 1. The summed E-state index contributed by atoms with van der Waals surface area (Å²) in [5.41, 5.74) is 9.05. The van der Waals surface area contributed by atoms with Gasteiger partial charge in [-0.15, -0.1) is 0 Å². The molecule has 0 aliphatic heterocycles. The Morgan fingerprint density at radius 1 is 1.20 bits per heavy atom. The highest BCUT2D eigenvalue weighted by atomic mass is 35.5. The SMILES string of the molecule is CC(=O)c1ccc(NCCc2ccc(Cl)cc2)cc1N. The molecule has 2 aromatic rings. The van der Waals surface area contributed by atoms with Crippen molar-refractivity contribution >= 4 is 28.8 Å². The van der Waals surface area contributed by atoms with E-state index in [9.17, 15) is 4.79 Å². The van der Waals surface area contributed by atoms with E-state index in [-0.39, 0.29) is 5.78 Å². The number of rotatable bonds is 5. The molecule has 0 atom stereocenters. The molecular weight excluding hydrogens is 272 g/mol. The molecule has 3 nitrogen and oxygen atoms in total. The van der Waals surface area contributed by atoms with Crippen LogP contribution in [0.25, 0.3) is 0 Å². The van der Waals surface area contributed by atoms with Gasteiger partial charge in [-0.25, -0.2) is 0 Å². The third kappa shape index (κ3) is 3.75. The van der Waals surface area contributed by atoms with Crippen LogP contribution >= 0.6 is 11.6 Å². The molecule has 0 heterocycles. The Hall–Kier alpha value is -2.00. The number of carbonyl (C=O) groups excluding carboxylic acids is 1. The van der Waals surface area contributed by atoms with E-state index in [1.54, 1.807) is 12.1 Å². The molecule has 0 aliphatic rings. The molecule has 20 heavy (non-hydrogen) atoms. The molecule has 0 amide bonds. The molecule has 0 aromatic heterocycles. The van der Waals surface area contributed by atoms with E-state index in [1.807, 2.05) is 30.3 Å². The summed E-state index contributed by atoms with van der Waals surface area (Å²) in [7, 11) is 0. The largest absolute Gasteiger partial charge is 0.398 e. The number of halogens is 1. The summed E-state index contributed by atoms with van der Waals surface area (Å²) in [6.45, 7) is 2.31. The first-order valence-corrected chi connectivity index (χ1v) is 6.83.